The molecule has 0 radical (unpaired) electrons. The van der Waals surface area contributed by atoms with Crippen LogP contribution < -0.4 is 51.2 Å². The molecule has 0 unspecified atom stereocenters. The van der Waals surface area contributed by atoms with Crippen LogP contribution in [0.2, 0.25) is 0 Å². The number of hydrogen-bond acceptors (Lipinski definition) is 14. The minimum atomic E-state index is -3.38. The van der Waals surface area contributed by atoms with Crippen molar-refractivity contribution >= 4 is 178 Å². The number of ether oxygens (including phenoxy) is 2. The van der Waals surface area contributed by atoms with Crippen molar-refractivity contribution in [1.82, 2.24) is 24.9 Å². The number of carbonyl (C=O) groups is 1. The summed E-state index contributed by atoms with van der Waals surface area (Å²) in [5.74, 6) is -0.346. The summed E-state index contributed by atoms with van der Waals surface area (Å²) < 4.78 is 54.8. The Morgan fingerprint density at radius 1 is 0.646 bits per heavy atom. The van der Waals surface area contributed by atoms with E-state index >= 15 is 0 Å². The maximum Gasteiger partial charge on any atom is 1.00 e. The van der Waals surface area contributed by atoms with Gasteiger partial charge in [0, 0.05) is 53.1 Å². The number of rotatable bonds is 11. The van der Waals surface area contributed by atoms with Crippen LogP contribution in [0.1, 0.15) is 75.3 Å². The number of aromatic nitrogens is 5. The van der Waals surface area contributed by atoms with Crippen LogP contribution in [0.25, 0.3) is 26.4 Å². The molecular formula is C62H75Br5Cl5FN12NaO8PS. The number of hydrogen-bond donors (Lipinski definition) is 2. The second-order valence-electron chi connectivity index (χ2n) is 17.7. The van der Waals surface area contributed by atoms with Gasteiger partial charge in [-0.15, -0.1) is 58.8 Å². The molecule has 1 aliphatic rings. The summed E-state index contributed by atoms with van der Waals surface area (Å²) in [4.78, 5) is 35.7. The van der Waals surface area contributed by atoms with Gasteiger partial charge in [-0.25, -0.2) is 29.7 Å². The number of halogens is 11. The zero-order chi connectivity index (χ0) is 71.3. The number of benzene rings is 3. The number of aliphatic hydroxyl groups excluding tert-OH is 1. The molecule has 5 N–H and O–H groups in total. The summed E-state index contributed by atoms with van der Waals surface area (Å²) in [7, 11) is -3.48. The van der Waals surface area contributed by atoms with Crippen LogP contribution in [0.3, 0.4) is 0 Å². The quantitative estimate of drug-likeness (QED) is 0.0140. The van der Waals surface area contributed by atoms with Crippen LogP contribution in [-0.2, 0) is 50.1 Å². The monoisotopic (exact) mass is 1790 g/mol. The first-order chi connectivity index (χ1) is 44.8. The summed E-state index contributed by atoms with van der Waals surface area (Å²) in [6.45, 7) is 12.4. The molecule has 0 spiro atoms. The minimum Gasteiger partial charge on any atom is -0.465 e. The van der Waals surface area contributed by atoms with E-state index in [1.807, 2.05) is 65.0 Å². The number of pyridine rings is 5. The largest absolute Gasteiger partial charge is 1.00 e. The van der Waals surface area contributed by atoms with Crippen molar-refractivity contribution in [1.29, 1.82) is 0 Å². The number of nitrogens with two attached hydrogens (primary N) is 1. The third-order valence-corrected chi connectivity index (χ3v) is 15.3. The summed E-state index contributed by atoms with van der Waals surface area (Å²) in [6.07, 6.45) is 3.58. The molecule has 0 aliphatic carbocycles. The molecule has 0 saturated carbocycles. The zero-order valence-electron chi connectivity index (χ0n) is 54.6. The van der Waals surface area contributed by atoms with Crippen LogP contribution in [0.4, 0.5) is 4.39 Å². The van der Waals surface area contributed by atoms with Gasteiger partial charge in [0.2, 0.25) is 0 Å². The van der Waals surface area contributed by atoms with Crippen molar-refractivity contribution in [3.05, 3.63) is 257 Å². The Morgan fingerprint density at radius 2 is 0.958 bits per heavy atom. The molecule has 96 heavy (non-hydrogen) atoms. The van der Waals surface area contributed by atoms with Crippen LogP contribution in [0.15, 0.2) is 180 Å². The minimum absolute atomic E-state index is 0. The summed E-state index contributed by atoms with van der Waals surface area (Å²) in [5.41, 5.74) is 35.7. The van der Waals surface area contributed by atoms with E-state index in [0.29, 0.717) is 27.9 Å². The second-order valence-corrected chi connectivity index (χ2v) is 27.3. The molecule has 3 aromatic carbocycles. The fraction of sp³-hybridized carbons (Fsp3) is 0.290. The predicted octanol–water partition coefficient (Wildman–Crippen LogP) is 14.9. The van der Waals surface area contributed by atoms with Gasteiger partial charge in [0.25, 0.3) is 10.1 Å². The predicted molar refractivity (Wildman–Crippen MR) is 407 cm³/mol. The van der Waals surface area contributed by atoms with E-state index in [1.54, 1.807) is 30.3 Å². The molecule has 1 fully saturated rings. The average Bonchev–Trinajstić information content (AvgIpc) is 1.10. The van der Waals surface area contributed by atoms with E-state index in [0.717, 1.165) is 84.0 Å². The number of azide groups is 1. The van der Waals surface area contributed by atoms with Crippen molar-refractivity contribution in [3.63, 3.8) is 0 Å². The van der Waals surface area contributed by atoms with E-state index in [1.165, 1.54) is 40.8 Å². The van der Waals surface area contributed by atoms with Gasteiger partial charge in [-0.1, -0.05) is 96.1 Å². The smallest absolute Gasteiger partial charge is 0.465 e. The van der Waals surface area contributed by atoms with Gasteiger partial charge in [-0.3, -0.25) is 13.5 Å². The second kappa shape index (κ2) is 63.6. The first-order valence-corrected chi connectivity index (χ1v) is 36.1. The Bertz CT molecular complexity index is 3340. The Kier molecular flexibility index (Phi) is 65.5. The molecule has 5 aromatic heterocycles. The first kappa shape index (κ1) is 98.8. The Hall–Kier alpha value is -3.54. The molecule has 20 nitrogen and oxygen atoms in total. The Labute approximate surface area is 655 Å². The van der Waals surface area contributed by atoms with Crippen molar-refractivity contribution in [2.24, 2.45) is 10.8 Å². The van der Waals surface area contributed by atoms with Gasteiger partial charge >= 0.3 is 35.5 Å². The SMILES string of the molecule is C1CCOC1.COC(=O)c1cc(C)nc(Br)c1.Cc1cc(CN)cc(Br)n1.Cc1cc(CN=[N+]=[N-])cc(Br)n1.Cc1cc(CO)cc(Br)n1.Cc1cc(COS(C)(=O)=O)cc(Br)n1.Cl.ClCCl.ClCCl.O.[2H]CF.[N-]=[N+]=[N-].[Na+].c1ccc(P(c2ccccc2)c2ccccc2)cc1. The van der Waals surface area contributed by atoms with Gasteiger partial charge in [0.1, 0.15) is 23.0 Å². The molecule has 9 rings (SSSR count). The molecule has 34 heteroatoms. The zero-order valence-corrected chi connectivity index (χ0v) is 69.1. The fourth-order valence-electron chi connectivity index (χ4n) is 7.01. The number of aliphatic hydroxyl groups is 1. The van der Waals surface area contributed by atoms with E-state index in [9.17, 15) is 17.6 Å². The van der Waals surface area contributed by atoms with Gasteiger partial charge in [-0.05, 0) is 239 Å². The first-order valence-electron chi connectivity index (χ1n) is 27.5. The Morgan fingerprint density at radius 3 is 1.26 bits per heavy atom. The summed E-state index contributed by atoms with van der Waals surface area (Å²) >= 11 is 35.2. The standard InChI is InChI=1S/C18H15P.C8H10BrNO3S.C8H8BrNO2.C7H7BrN4.C7H9BrN2.C7H8BrNO.C4H8O.2CH2Cl2.CH3F.ClH.N3.Na.H2O/c1-4-10-16(11-5-1)19(17-12-6-2-7-13-17)18-14-8-3-9-15-18;1-6-3-7(4-8(9)10-6)5-13-14(2,11)12;1-5-3-6(8(11)12-2)4-7(9)10-5;1-5-2-6(4-10-12-9)3-7(8)11-5;1-5-2-6(4-9)3-7(8)10-5;1-5-2-6(4-10)3-7(8)9-5;1-2-4-5-3-1;2*2-1-3;1-2;;1-3-2;;/h1-15H;3-4H,5H2,1-2H3;3-4H,1-2H3;2-3H,4H2,1H3;2-3H,4,9H2,1H3;2-3,10H,4H2,1H3;1-4H2;2*1H2;1H3;1H;;;1H2/q;;;;;;;;;;;-1;+1;/i;;;;;;;;;1D;;;;. The van der Waals surface area contributed by atoms with Crippen molar-refractivity contribution in [2.75, 3.05) is 44.4 Å². The van der Waals surface area contributed by atoms with E-state index < -0.39 is 25.2 Å². The third kappa shape index (κ3) is 52.5. The van der Waals surface area contributed by atoms with E-state index in [2.05, 4.69) is 215 Å². The number of alkyl halides is 5. The molecule has 0 amide bonds. The topological polar surface area (TPSA) is 329 Å². The van der Waals surface area contributed by atoms with Crippen molar-refractivity contribution in [2.45, 2.75) is 73.8 Å². The van der Waals surface area contributed by atoms with Crippen molar-refractivity contribution < 1.29 is 72.8 Å². The number of aryl methyl sites for hydroxylation is 5. The third-order valence-electron chi connectivity index (χ3n) is 10.3. The van der Waals surface area contributed by atoms with Crippen LogP contribution >= 0.6 is 146 Å². The maximum atomic E-state index is 11.0. The maximum absolute atomic E-state index is 11.0. The van der Waals surface area contributed by atoms with E-state index in [-0.39, 0.29) is 77.3 Å². The molecular weight excluding hydrogens is 1720 g/mol. The van der Waals surface area contributed by atoms with Gasteiger partial charge < -0.3 is 36.9 Å². The number of carbonyl (C=O) groups excluding carboxylic acids is 1. The molecule has 0 bridgehead atoms. The van der Waals surface area contributed by atoms with Gasteiger partial charge in [-0.2, -0.15) is 8.42 Å². The van der Waals surface area contributed by atoms with Crippen LogP contribution in [0.5, 0.6) is 0 Å². The molecule has 6 heterocycles. The molecule has 520 valence electrons. The van der Waals surface area contributed by atoms with E-state index in [4.69, 9.17) is 79.9 Å². The molecule has 1 aliphatic heterocycles. The fourth-order valence-corrected chi connectivity index (χ4v) is 12.5. The molecule has 0 atom stereocenters. The molecule has 1 saturated heterocycles. The van der Waals surface area contributed by atoms with Gasteiger partial charge in [0.15, 0.2) is 0 Å². The van der Waals surface area contributed by atoms with Crippen LogP contribution in [0, 0.1) is 34.6 Å². The van der Waals surface area contributed by atoms with Crippen LogP contribution in [-0.4, -0.2) is 94.3 Å². The number of methoxy groups -OCH3 is 1. The van der Waals surface area contributed by atoms with Gasteiger partial charge in [0.05, 0.1) is 57.9 Å². The number of nitrogens with zero attached hydrogens (tertiary/aromatic N) is 11. The van der Waals surface area contributed by atoms with Crippen molar-refractivity contribution in [3.8, 4) is 0 Å². The normalized spacial score (nSPS) is 10.1. The average molecular weight is 1800 g/mol. The molecule has 8 aromatic rings. The summed E-state index contributed by atoms with van der Waals surface area (Å²) in [6, 6.07) is 50.4. The Balaban J connectivity index is -0.000000334. The summed E-state index contributed by atoms with van der Waals surface area (Å²) in [5, 5.41) is 16.8. The number of esters is 1.